The summed E-state index contributed by atoms with van der Waals surface area (Å²) in [6.45, 7) is 0.660. The van der Waals surface area contributed by atoms with Gasteiger partial charge >= 0.3 is 5.97 Å². The first kappa shape index (κ1) is 23.3. The molecule has 0 heterocycles. The predicted octanol–water partition coefficient (Wildman–Crippen LogP) is 4.83. The third-order valence-corrected chi connectivity index (χ3v) is 7.22. The molecular weight excluding hydrogens is 438 g/mol. The van der Waals surface area contributed by atoms with Crippen molar-refractivity contribution >= 4 is 26.8 Å². The van der Waals surface area contributed by atoms with E-state index in [2.05, 4.69) is 0 Å². The summed E-state index contributed by atoms with van der Waals surface area (Å²) in [5, 5.41) is 6.97. The number of primary sulfonamides is 1. The number of rotatable bonds is 8. The van der Waals surface area contributed by atoms with Crippen LogP contribution < -0.4 is 9.88 Å². The zero-order chi connectivity index (χ0) is 23.4. The number of fused-ring (bicyclic) bond motifs is 1. The molecule has 2 N–H and O–H groups in total. The molecule has 0 radical (unpaired) electrons. The number of methoxy groups -OCH3 is 1. The average Bonchev–Trinajstić information content (AvgIpc) is 3.33. The molecule has 0 aromatic heterocycles. The molecule has 4 rings (SSSR count). The number of hydrogen-bond donors (Lipinski definition) is 1. The minimum atomic E-state index is -3.76. The number of aryl methyl sites for hydroxylation is 1. The molecule has 174 valence electrons. The van der Waals surface area contributed by atoms with Gasteiger partial charge in [0.15, 0.2) is 0 Å². The van der Waals surface area contributed by atoms with Crippen LogP contribution in [0.4, 0.5) is 0 Å². The molecule has 0 unspecified atom stereocenters. The van der Waals surface area contributed by atoms with Gasteiger partial charge in [0.25, 0.3) is 0 Å². The van der Waals surface area contributed by atoms with E-state index in [4.69, 9.17) is 14.6 Å². The lowest BCUT2D eigenvalue weighted by Crippen LogP contribution is -2.11. The Morgan fingerprint density at radius 1 is 1.03 bits per heavy atom. The topological polar surface area (TPSA) is 95.7 Å². The Hall–Kier alpha value is -2.90. The fourth-order valence-corrected chi connectivity index (χ4v) is 5.01. The van der Waals surface area contributed by atoms with E-state index in [0.29, 0.717) is 18.9 Å². The maximum Gasteiger partial charge on any atom is 0.305 e. The number of esters is 1. The van der Waals surface area contributed by atoms with Gasteiger partial charge in [-0.25, -0.2) is 13.6 Å². The highest BCUT2D eigenvalue weighted by molar-refractivity contribution is 7.89. The summed E-state index contributed by atoms with van der Waals surface area (Å²) in [6, 6.07) is 16.7. The summed E-state index contributed by atoms with van der Waals surface area (Å²) in [5.41, 5.74) is 2.89. The highest BCUT2D eigenvalue weighted by Gasteiger charge is 2.19. The third kappa shape index (κ3) is 5.54. The fourth-order valence-electron chi connectivity index (χ4n) is 4.46. The molecule has 0 atom stereocenters. The molecule has 33 heavy (non-hydrogen) atoms. The maximum atomic E-state index is 11.7. The monoisotopic (exact) mass is 467 g/mol. The van der Waals surface area contributed by atoms with E-state index in [-0.39, 0.29) is 17.3 Å². The smallest absolute Gasteiger partial charge is 0.305 e. The zero-order valence-corrected chi connectivity index (χ0v) is 19.6. The molecule has 6 nitrogen and oxygen atoms in total. The first-order chi connectivity index (χ1) is 15.8. The van der Waals surface area contributed by atoms with Gasteiger partial charge in [-0.1, -0.05) is 49.2 Å². The summed E-state index contributed by atoms with van der Waals surface area (Å²) in [4.78, 5) is 11.8. The lowest BCUT2D eigenvalue weighted by molar-refractivity contribution is -0.140. The van der Waals surface area contributed by atoms with Gasteiger partial charge in [0.1, 0.15) is 5.75 Å². The number of benzene rings is 3. The molecule has 0 spiro atoms. The molecule has 0 amide bonds. The average molecular weight is 468 g/mol. The lowest BCUT2D eigenvalue weighted by atomic mass is 9.96. The van der Waals surface area contributed by atoms with Gasteiger partial charge in [-0.3, -0.25) is 4.79 Å². The molecule has 1 aliphatic rings. The fraction of sp³-hybridized carbons (Fsp3) is 0.346. The molecule has 3 aromatic rings. The van der Waals surface area contributed by atoms with E-state index in [1.807, 2.05) is 36.4 Å². The number of carbonyl (C=O) groups excluding carboxylic acids is 1. The van der Waals surface area contributed by atoms with E-state index in [1.165, 1.54) is 38.9 Å². The van der Waals surface area contributed by atoms with E-state index in [0.717, 1.165) is 33.2 Å². The van der Waals surface area contributed by atoms with E-state index >= 15 is 0 Å². The van der Waals surface area contributed by atoms with Crippen LogP contribution in [0.1, 0.15) is 37.7 Å². The predicted molar refractivity (Wildman–Crippen MR) is 129 cm³/mol. The molecule has 1 fully saturated rings. The van der Waals surface area contributed by atoms with Gasteiger partial charge in [-0.15, -0.1) is 0 Å². The van der Waals surface area contributed by atoms with Crippen molar-refractivity contribution in [1.29, 1.82) is 0 Å². The normalized spacial score (nSPS) is 14.5. The second-order valence-electron chi connectivity index (χ2n) is 8.60. The molecule has 7 heteroatoms. The van der Waals surface area contributed by atoms with Crippen molar-refractivity contribution in [2.45, 2.75) is 43.4 Å². The first-order valence-corrected chi connectivity index (χ1v) is 12.8. The molecule has 1 saturated carbocycles. The van der Waals surface area contributed by atoms with Crippen molar-refractivity contribution in [2.75, 3.05) is 13.7 Å². The van der Waals surface area contributed by atoms with Gasteiger partial charge in [0, 0.05) is 12.0 Å². The lowest BCUT2D eigenvalue weighted by Gasteiger charge is -2.19. The van der Waals surface area contributed by atoms with Gasteiger partial charge in [0.05, 0.1) is 18.6 Å². The highest BCUT2D eigenvalue weighted by atomic mass is 32.2. The summed E-state index contributed by atoms with van der Waals surface area (Å²) in [5.74, 6) is 1.10. The van der Waals surface area contributed by atoms with Crippen LogP contribution >= 0.6 is 0 Å². The van der Waals surface area contributed by atoms with Crippen LogP contribution in [-0.4, -0.2) is 28.1 Å². The van der Waals surface area contributed by atoms with Crippen molar-refractivity contribution in [3.63, 3.8) is 0 Å². The van der Waals surface area contributed by atoms with Crippen LogP contribution in [-0.2, 0) is 26.0 Å². The number of nitrogens with two attached hydrogens (primary N) is 1. The van der Waals surface area contributed by atoms with Gasteiger partial charge < -0.3 is 9.47 Å². The molecule has 0 aliphatic heterocycles. The Balaban J connectivity index is 1.71. The summed E-state index contributed by atoms with van der Waals surface area (Å²) in [6.07, 6.45) is 5.68. The quantitative estimate of drug-likeness (QED) is 0.479. The van der Waals surface area contributed by atoms with Crippen LogP contribution in [0.5, 0.6) is 5.75 Å². The van der Waals surface area contributed by atoms with Crippen molar-refractivity contribution in [2.24, 2.45) is 11.1 Å². The summed E-state index contributed by atoms with van der Waals surface area (Å²) < 4.78 is 34.6. The standard InChI is InChI=1S/C26H29NO5S/c1-31-25(28)14-12-19-7-4-8-24(26(19)32-17-18-5-2-3-6-18)22-10-9-21-16-23(33(27,29)30)13-11-20(21)15-22/h4,7-11,13,15-16,18H,2-3,5-6,12,14,17H2,1H3,(H2,27,29,30). The van der Waals surface area contributed by atoms with E-state index in [9.17, 15) is 13.2 Å². The van der Waals surface area contributed by atoms with Crippen LogP contribution in [0.15, 0.2) is 59.5 Å². The number of carbonyl (C=O) groups is 1. The minimum absolute atomic E-state index is 0.0909. The largest absolute Gasteiger partial charge is 0.492 e. The Bertz CT molecular complexity index is 1260. The maximum absolute atomic E-state index is 11.7. The zero-order valence-electron chi connectivity index (χ0n) is 18.8. The number of para-hydroxylation sites is 1. The van der Waals surface area contributed by atoms with Crippen molar-refractivity contribution in [3.8, 4) is 16.9 Å². The van der Waals surface area contributed by atoms with Crippen LogP contribution in [0.25, 0.3) is 21.9 Å². The Morgan fingerprint density at radius 3 is 2.48 bits per heavy atom. The molecule has 1 aliphatic carbocycles. The first-order valence-electron chi connectivity index (χ1n) is 11.2. The second kappa shape index (κ2) is 9.93. The van der Waals surface area contributed by atoms with Crippen LogP contribution in [0.2, 0.25) is 0 Å². The van der Waals surface area contributed by atoms with Crippen LogP contribution in [0.3, 0.4) is 0 Å². The summed E-state index contributed by atoms with van der Waals surface area (Å²) >= 11 is 0. The van der Waals surface area contributed by atoms with E-state index in [1.54, 1.807) is 12.1 Å². The van der Waals surface area contributed by atoms with Gasteiger partial charge in [-0.2, -0.15) is 0 Å². The molecule has 0 saturated heterocycles. The molecule has 3 aromatic carbocycles. The number of ether oxygens (including phenoxy) is 2. The van der Waals surface area contributed by atoms with Crippen molar-refractivity contribution in [1.82, 2.24) is 0 Å². The van der Waals surface area contributed by atoms with Crippen molar-refractivity contribution < 1.29 is 22.7 Å². The Labute approximate surface area is 194 Å². The third-order valence-electron chi connectivity index (χ3n) is 6.31. The van der Waals surface area contributed by atoms with Gasteiger partial charge in [-0.05, 0) is 65.3 Å². The Kier molecular flexibility index (Phi) is 7.00. The van der Waals surface area contributed by atoms with Crippen LogP contribution in [0, 0.1) is 5.92 Å². The SMILES string of the molecule is COC(=O)CCc1cccc(-c2ccc3cc(S(N)(=O)=O)ccc3c2)c1OCC1CCCC1. The second-order valence-corrected chi connectivity index (χ2v) is 10.2. The molecular formula is C26H29NO5S. The highest BCUT2D eigenvalue weighted by Crippen LogP contribution is 2.37. The minimum Gasteiger partial charge on any atom is -0.492 e. The number of sulfonamides is 1. The van der Waals surface area contributed by atoms with Crippen molar-refractivity contribution in [3.05, 3.63) is 60.2 Å². The number of hydrogen-bond acceptors (Lipinski definition) is 5. The summed E-state index contributed by atoms with van der Waals surface area (Å²) in [7, 11) is -2.36. The Morgan fingerprint density at radius 2 is 1.76 bits per heavy atom. The molecule has 0 bridgehead atoms. The van der Waals surface area contributed by atoms with Gasteiger partial charge in [0.2, 0.25) is 10.0 Å². The van der Waals surface area contributed by atoms with E-state index < -0.39 is 10.0 Å².